The van der Waals surface area contributed by atoms with Gasteiger partial charge in [0, 0.05) is 17.9 Å². The molecule has 4 nitrogen and oxygen atoms in total. The SMILES string of the molecule is CC(NC(=O)CCC1CCNC1)C1Oc2ccccc2C1C. The van der Waals surface area contributed by atoms with Crippen molar-refractivity contribution in [2.24, 2.45) is 5.92 Å². The molecular formula is C18H26N2O2. The molecule has 1 amide bonds. The molecule has 0 aliphatic carbocycles. The van der Waals surface area contributed by atoms with Gasteiger partial charge in [-0.05, 0) is 44.8 Å². The Morgan fingerprint density at radius 3 is 3.00 bits per heavy atom. The Hall–Kier alpha value is -1.55. The number of para-hydroxylation sites is 1. The van der Waals surface area contributed by atoms with E-state index in [9.17, 15) is 4.79 Å². The van der Waals surface area contributed by atoms with Crippen LogP contribution in [-0.4, -0.2) is 31.1 Å². The number of fused-ring (bicyclic) bond motifs is 1. The van der Waals surface area contributed by atoms with Gasteiger partial charge in [-0.3, -0.25) is 4.79 Å². The predicted octanol–water partition coefficient (Wildman–Crippen LogP) is 2.45. The lowest BCUT2D eigenvalue weighted by atomic mass is 9.93. The average Bonchev–Trinajstić information content (AvgIpc) is 3.14. The fourth-order valence-corrected chi connectivity index (χ4v) is 3.63. The molecule has 1 fully saturated rings. The first kappa shape index (κ1) is 15.3. The van der Waals surface area contributed by atoms with Crippen molar-refractivity contribution in [1.29, 1.82) is 0 Å². The Morgan fingerprint density at radius 1 is 1.45 bits per heavy atom. The Balaban J connectivity index is 1.50. The summed E-state index contributed by atoms with van der Waals surface area (Å²) in [5, 5.41) is 6.47. The van der Waals surface area contributed by atoms with Crippen LogP contribution in [0.25, 0.3) is 0 Å². The molecule has 0 radical (unpaired) electrons. The molecule has 2 aliphatic heterocycles. The van der Waals surface area contributed by atoms with E-state index in [1.165, 1.54) is 12.0 Å². The smallest absolute Gasteiger partial charge is 0.220 e. The molecule has 1 saturated heterocycles. The van der Waals surface area contributed by atoms with Crippen molar-refractivity contribution >= 4 is 5.91 Å². The minimum absolute atomic E-state index is 0.0227. The van der Waals surface area contributed by atoms with E-state index in [2.05, 4.69) is 23.6 Å². The van der Waals surface area contributed by atoms with Gasteiger partial charge in [0.1, 0.15) is 11.9 Å². The summed E-state index contributed by atoms with van der Waals surface area (Å²) in [6.07, 6.45) is 2.81. The Bertz CT molecular complexity index is 526. The topological polar surface area (TPSA) is 50.4 Å². The summed E-state index contributed by atoms with van der Waals surface area (Å²) in [6.45, 7) is 6.36. The normalized spacial score (nSPS) is 28.0. The lowest BCUT2D eigenvalue weighted by Gasteiger charge is -2.24. The maximum absolute atomic E-state index is 12.2. The van der Waals surface area contributed by atoms with E-state index in [4.69, 9.17) is 4.74 Å². The number of hydrogen-bond donors (Lipinski definition) is 2. The van der Waals surface area contributed by atoms with E-state index >= 15 is 0 Å². The highest BCUT2D eigenvalue weighted by Crippen LogP contribution is 2.38. The molecular weight excluding hydrogens is 276 g/mol. The lowest BCUT2D eigenvalue weighted by Crippen LogP contribution is -2.44. The van der Waals surface area contributed by atoms with Crippen molar-refractivity contribution < 1.29 is 9.53 Å². The molecule has 2 aliphatic rings. The van der Waals surface area contributed by atoms with E-state index in [1.54, 1.807) is 0 Å². The van der Waals surface area contributed by atoms with Crippen LogP contribution in [-0.2, 0) is 4.79 Å². The van der Waals surface area contributed by atoms with Gasteiger partial charge >= 0.3 is 0 Å². The number of amides is 1. The van der Waals surface area contributed by atoms with Gasteiger partial charge < -0.3 is 15.4 Å². The zero-order valence-electron chi connectivity index (χ0n) is 13.5. The fraction of sp³-hybridized carbons (Fsp3) is 0.611. The molecule has 4 heteroatoms. The second-order valence-electron chi connectivity index (χ2n) is 6.66. The molecule has 1 aromatic rings. The first-order valence-corrected chi connectivity index (χ1v) is 8.41. The highest BCUT2D eigenvalue weighted by atomic mass is 16.5. The van der Waals surface area contributed by atoms with Gasteiger partial charge in [-0.1, -0.05) is 25.1 Å². The van der Waals surface area contributed by atoms with Gasteiger partial charge in [0.05, 0.1) is 6.04 Å². The Kier molecular flexibility index (Phi) is 4.67. The van der Waals surface area contributed by atoms with Crippen LogP contribution < -0.4 is 15.4 Å². The third kappa shape index (κ3) is 3.27. The van der Waals surface area contributed by atoms with Gasteiger partial charge in [0.25, 0.3) is 0 Å². The Morgan fingerprint density at radius 2 is 2.27 bits per heavy atom. The predicted molar refractivity (Wildman–Crippen MR) is 87.1 cm³/mol. The van der Waals surface area contributed by atoms with Crippen LogP contribution in [0.2, 0.25) is 0 Å². The van der Waals surface area contributed by atoms with Crippen LogP contribution in [0.4, 0.5) is 0 Å². The second-order valence-corrected chi connectivity index (χ2v) is 6.66. The van der Waals surface area contributed by atoms with Crippen molar-refractivity contribution in [3.05, 3.63) is 29.8 Å². The summed E-state index contributed by atoms with van der Waals surface area (Å²) >= 11 is 0. The zero-order chi connectivity index (χ0) is 15.5. The van der Waals surface area contributed by atoms with E-state index in [0.717, 1.165) is 25.3 Å². The Labute approximate surface area is 132 Å². The first-order valence-electron chi connectivity index (χ1n) is 8.41. The molecule has 1 aromatic carbocycles. The lowest BCUT2D eigenvalue weighted by molar-refractivity contribution is -0.122. The number of carbonyl (C=O) groups is 1. The van der Waals surface area contributed by atoms with Crippen LogP contribution in [0.15, 0.2) is 24.3 Å². The van der Waals surface area contributed by atoms with Gasteiger partial charge in [-0.15, -0.1) is 0 Å². The summed E-state index contributed by atoms with van der Waals surface area (Å²) < 4.78 is 6.04. The minimum atomic E-state index is 0.0227. The monoisotopic (exact) mass is 302 g/mol. The van der Waals surface area contributed by atoms with Crippen LogP contribution in [0, 0.1) is 5.92 Å². The average molecular weight is 302 g/mol. The summed E-state index contributed by atoms with van der Waals surface area (Å²) in [5.41, 5.74) is 1.24. The molecule has 0 aromatic heterocycles. The van der Waals surface area contributed by atoms with Crippen LogP contribution in [0.1, 0.15) is 44.6 Å². The van der Waals surface area contributed by atoms with Gasteiger partial charge in [0.15, 0.2) is 0 Å². The molecule has 120 valence electrons. The maximum atomic E-state index is 12.2. The molecule has 4 unspecified atom stereocenters. The summed E-state index contributed by atoms with van der Waals surface area (Å²) in [5.74, 6) is 2.07. The number of rotatable bonds is 5. The van der Waals surface area contributed by atoms with E-state index in [0.29, 0.717) is 18.3 Å². The highest BCUT2D eigenvalue weighted by Gasteiger charge is 2.35. The van der Waals surface area contributed by atoms with Crippen LogP contribution >= 0.6 is 0 Å². The molecule has 4 atom stereocenters. The van der Waals surface area contributed by atoms with Crippen molar-refractivity contribution in [3.63, 3.8) is 0 Å². The van der Waals surface area contributed by atoms with Gasteiger partial charge in [0.2, 0.25) is 5.91 Å². The summed E-state index contributed by atoms with van der Waals surface area (Å²) in [4.78, 5) is 12.2. The second kappa shape index (κ2) is 6.69. The first-order chi connectivity index (χ1) is 10.6. The van der Waals surface area contributed by atoms with Crippen molar-refractivity contribution in [2.75, 3.05) is 13.1 Å². The number of benzene rings is 1. The molecule has 0 saturated carbocycles. The van der Waals surface area contributed by atoms with Crippen LogP contribution in [0.5, 0.6) is 5.75 Å². The third-order valence-electron chi connectivity index (χ3n) is 4.99. The van der Waals surface area contributed by atoms with Gasteiger partial charge in [-0.2, -0.15) is 0 Å². The van der Waals surface area contributed by atoms with Crippen molar-refractivity contribution in [1.82, 2.24) is 10.6 Å². The minimum Gasteiger partial charge on any atom is -0.487 e. The standard InChI is InChI=1S/C18H26N2O2/c1-12-15-5-3-4-6-16(15)22-18(12)13(2)20-17(21)8-7-14-9-10-19-11-14/h3-6,12-14,18-19H,7-11H2,1-2H3,(H,20,21). The highest BCUT2D eigenvalue weighted by molar-refractivity contribution is 5.76. The van der Waals surface area contributed by atoms with Crippen molar-refractivity contribution in [3.8, 4) is 5.75 Å². The summed E-state index contributed by atoms with van der Waals surface area (Å²) in [6, 6.07) is 8.18. The molecule has 2 heterocycles. The molecule has 22 heavy (non-hydrogen) atoms. The van der Waals surface area contributed by atoms with E-state index in [-0.39, 0.29) is 18.1 Å². The number of carbonyl (C=O) groups excluding carboxylic acids is 1. The largest absolute Gasteiger partial charge is 0.487 e. The number of nitrogens with one attached hydrogen (secondary N) is 2. The molecule has 2 N–H and O–H groups in total. The quantitative estimate of drug-likeness (QED) is 0.878. The fourth-order valence-electron chi connectivity index (χ4n) is 3.63. The van der Waals surface area contributed by atoms with E-state index in [1.807, 2.05) is 25.1 Å². The number of hydrogen-bond acceptors (Lipinski definition) is 3. The molecule has 0 spiro atoms. The maximum Gasteiger partial charge on any atom is 0.220 e. The van der Waals surface area contributed by atoms with Gasteiger partial charge in [-0.25, -0.2) is 0 Å². The van der Waals surface area contributed by atoms with E-state index < -0.39 is 0 Å². The molecule has 0 bridgehead atoms. The number of ether oxygens (including phenoxy) is 1. The third-order valence-corrected chi connectivity index (χ3v) is 4.99. The summed E-state index contributed by atoms with van der Waals surface area (Å²) in [7, 11) is 0. The molecule has 3 rings (SSSR count). The van der Waals surface area contributed by atoms with Crippen LogP contribution in [0.3, 0.4) is 0 Å². The zero-order valence-corrected chi connectivity index (χ0v) is 13.5. The van der Waals surface area contributed by atoms with Crippen molar-refractivity contribution in [2.45, 2.75) is 51.2 Å².